The van der Waals surface area contributed by atoms with Crippen LogP contribution in [0.5, 0.6) is 0 Å². The molecule has 0 fully saturated rings. The van der Waals surface area contributed by atoms with Gasteiger partial charge in [0.05, 0.1) is 19.5 Å². The molecule has 0 heterocycles. The Kier molecular flexibility index (Phi) is 9.10. The topological polar surface area (TPSA) is 194 Å². The molecule has 152 valence electrons. The normalized spacial score (nSPS) is 12.3. The number of hydrogen-bond acceptors (Lipinski definition) is 6. The quantitative estimate of drug-likeness (QED) is 0.234. The molecule has 28 heavy (non-hydrogen) atoms. The Labute approximate surface area is 160 Å². The lowest BCUT2D eigenvalue weighted by atomic mass is 10.1. The SMILES string of the molecule is NCC(=O)NC(Cc1ccccc1)C(=O)NCC(=O)NC(CC(N)=O)C(=O)O. The first-order valence-corrected chi connectivity index (χ1v) is 8.34. The van der Waals surface area contributed by atoms with E-state index in [1.165, 1.54) is 0 Å². The van der Waals surface area contributed by atoms with Gasteiger partial charge in [0.2, 0.25) is 23.6 Å². The number of rotatable bonds is 11. The Hall–Kier alpha value is -3.47. The zero-order valence-electron chi connectivity index (χ0n) is 15.0. The van der Waals surface area contributed by atoms with Gasteiger partial charge in [-0.25, -0.2) is 4.79 Å². The lowest BCUT2D eigenvalue weighted by molar-refractivity contribution is -0.143. The zero-order valence-corrected chi connectivity index (χ0v) is 15.0. The van der Waals surface area contributed by atoms with Gasteiger partial charge in [-0.05, 0) is 5.56 Å². The molecule has 11 heteroatoms. The highest BCUT2D eigenvalue weighted by atomic mass is 16.4. The molecule has 0 aliphatic carbocycles. The molecule has 0 aromatic heterocycles. The number of nitrogens with one attached hydrogen (secondary N) is 3. The predicted molar refractivity (Wildman–Crippen MR) is 97.5 cm³/mol. The van der Waals surface area contributed by atoms with E-state index < -0.39 is 54.6 Å². The van der Waals surface area contributed by atoms with E-state index >= 15 is 0 Å². The third-order valence-corrected chi connectivity index (χ3v) is 3.58. The Bertz CT molecular complexity index is 724. The molecule has 2 atom stereocenters. The Balaban J connectivity index is 2.68. The molecule has 0 bridgehead atoms. The van der Waals surface area contributed by atoms with Crippen molar-refractivity contribution in [1.82, 2.24) is 16.0 Å². The molecule has 1 rings (SSSR count). The van der Waals surface area contributed by atoms with Crippen molar-refractivity contribution in [1.29, 1.82) is 0 Å². The molecule has 8 N–H and O–H groups in total. The summed E-state index contributed by atoms with van der Waals surface area (Å²) in [6.07, 6.45) is -0.419. The number of benzene rings is 1. The molecular weight excluding hydrogens is 370 g/mol. The van der Waals surface area contributed by atoms with E-state index in [9.17, 15) is 24.0 Å². The number of carboxylic acid groups (broad SMARTS) is 1. The monoisotopic (exact) mass is 393 g/mol. The summed E-state index contributed by atoms with van der Waals surface area (Å²) in [7, 11) is 0. The lowest BCUT2D eigenvalue weighted by Gasteiger charge is -2.19. The van der Waals surface area contributed by atoms with Gasteiger partial charge in [-0.15, -0.1) is 0 Å². The summed E-state index contributed by atoms with van der Waals surface area (Å²) in [6.45, 7) is -0.863. The van der Waals surface area contributed by atoms with Crippen molar-refractivity contribution < 1.29 is 29.1 Å². The molecule has 0 saturated heterocycles. The van der Waals surface area contributed by atoms with E-state index in [1.54, 1.807) is 30.3 Å². The third-order valence-electron chi connectivity index (χ3n) is 3.58. The van der Waals surface area contributed by atoms with Crippen LogP contribution >= 0.6 is 0 Å². The van der Waals surface area contributed by atoms with Crippen LogP contribution in [0.4, 0.5) is 0 Å². The fraction of sp³-hybridized carbons (Fsp3) is 0.353. The minimum absolute atomic E-state index is 0.166. The van der Waals surface area contributed by atoms with Crippen molar-refractivity contribution in [2.45, 2.75) is 24.9 Å². The van der Waals surface area contributed by atoms with Crippen LogP contribution in [0.2, 0.25) is 0 Å². The van der Waals surface area contributed by atoms with Crippen molar-refractivity contribution in [2.75, 3.05) is 13.1 Å². The van der Waals surface area contributed by atoms with Crippen LogP contribution in [0.3, 0.4) is 0 Å². The van der Waals surface area contributed by atoms with Gasteiger partial charge in [0, 0.05) is 6.42 Å². The van der Waals surface area contributed by atoms with Crippen molar-refractivity contribution in [2.24, 2.45) is 11.5 Å². The molecule has 0 aliphatic rings. The highest BCUT2D eigenvalue weighted by Crippen LogP contribution is 2.03. The summed E-state index contributed by atoms with van der Waals surface area (Å²) < 4.78 is 0. The number of nitrogens with two attached hydrogens (primary N) is 2. The van der Waals surface area contributed by atoms with Crippen molar-refractivity contribution in [3.8, 4) is 0 Å². The summed E-state index contributed by atoms with van der Waals surface area (Å²) >= 11 is 0. The summed E-state index contributed by atoms with van der Waals surface area (Å²) in [4.78, 5) is 57.6. The zero-order chi connectivity index (χ0) is 21.1. The third kappa shape index (κ3) is 8.27. The number of primary amides is 1. The maximum Gasteiger partial charge on any atom is 0.326 e. The van der Waals surface area contributed by atoms with Gasteiger partial charge in [-0.1, -0.05) is 30.3 Å². The Morgan fingerprint density at radius 2 is 1.57 bits per heavy atom. The molecule has 0 aliphatic heterocycles. The lowest BCUT2D eigenvalue weighted by Crippen LogP contribution is -2.52. The molecular formula is C17H23N5O6. The van der Waals surface area contributed by atoms with Crippen LogP contribution in [0.15, 0.2) is 30.3 Å². The second kappa shape index (κ2) is 11.3. The summed E-state index contributed by atoms with van der Waals surface area (Å²) in [5.41, 5.74) is 11.0. The first kappa shape index (κ1) is 22.6. The van der Waals surface area contributed by atoms with E-state index in [4.69, 9.17) is 16.6 Å². The van der Waals surface area contributed by atoms with Crippen LogP contribution in [0.1, 0.15) is 12.0 Å². The largest absolute Gasteiger partial charge is 0.480 e. The molecule has 1 aromatic rings. The van der Waals surface area contributed by atoms with Crippen LogP contribution in [-0.2, 0) is 30.4 Å². The van der Waals surface area contributed by atoms with Crippen LogP contribution in [0, 0.1) is 0 Å². The number of amides is 4. The van der Waals surface area contributed by atoms with Crippen molar-refractivity contribution in [3.05, 3.63) is 35.9 Å². The van der Waals surface area contributed by atoms with Gasteiger partial charge >= 0.3 is 5.97 Å². The van der Waals surface area contributed by atoms with E-state index in [0.29, 0.717) is 0 Å². The number of aliphatic carboxylic acids is 1. The van der Waals surface area contributed by atoms with Crippen LogP contribution in [-0.4, -0.2) is 59.9 Å². The van der Waals surface area contributed by atoms with E-state index in [2.05, 4.69) is 16.0 Å². The van der Waals surface area contributed by atoms with Gasteiger partial charge in [0.1, 0.15) is 12.1 Å². The van der Waals surface area contributed by atoms with Gasteiger partial charge < -0.3 is 32.5 Å². The first-order valence-electron chi connectivity index (χ1n) is 8.34. The molecule has 11 nitrogen and oxygen atoms in total. The Morgan fingerprint density at radius 1 is 0.964 bits per heavy atom. The Morgan fingerprint density at radius 3 is 2.11 bits per heavy atom. The number of carbonyl (C=O) groups is 5. The highest BCUT2D eigenvalue weighted by Gasteiger charge is 2.24. The van der Waals surface area contributed by atoms with E-state index in [0.717, 1.165) is 5.56 Å². The summed E-state index contributed by atoms with van der Waals surface area (Å²) in [5.74, 6) is -4.36. The van der Waals surface area contributed by atoms with Crippen LogP contribution < -0.4 is 27.4 Å². The van der Waals surface area contributed by atoms with E-state index in [-0.39, 0.29) is 13.0 Å². The second-order valence-corrected chi connectivity index (χ2v) is 5.86. The molecule has 4 amide bonds. The summed E-state index contributed by atoms with van der Waals surface area (Å²) in [5, 5.41) is 15.8. The average molecular weight is 393 g/mol. The maximum atomic E-state index is 12.4. The number of carbonyl (C=O) groups excluding carboxylic acids is 4. The standard InChI is InChI=1S/C17H23N5O6/c18-8-14(24)21-11(6-10-4-2-1-3-5-10)16(26)20-9-15(25)22-12(17(27)28)7-13(19)23/h1-5,11-12H,6-9,18H2,(H2,19,23)(H,20,26)(H,21,24)(H,22,25)(H,27,28). The molecule has 2 unspecified atom stereocenters. The molecule has 0 spiro atoms. The van der Waals surface area contributed by atoms with Gasteiger partial charge in [-0.3, -0.25) is 19.2 Å². The second-order valence-electron chi connectivity index (χ2n) is 5.86. The van der Waals surface area contributed by atoms with Gasteiger partial charge in [-0.2, -0.15) is 0 Å². The fourth-order valence-corrected chi connectivity index (χ4v) is 2.25. The first-order chi connectivity index (χ1) is 13.2. The predicted octanol–water partition coefficient (Wildman–Crippen LogP) is -2.77. The number of hydrogen-bond donors (Lipinski definition) is 6. The molecule has 0 saturated carbocycles. The number of carboxylic acids is 1. The van der Waals surface area contributed by atoms with Crippen molar-refractivity contribution in [3.63, 3.8) is 0 Å². The van der Waals surface area contributed by atoms with Crippen LogP contribution in [0.25, 0.3) is 0 Å². The smallest absolute Gasteiger partial charge is 0.326 e. The fourth-order valence-electron chi connectivity index (χ4n) is 2.25. The van der Waals surface area contributed by atoms with Gasteiger partial charge in [0.25, 0.3) is 0 Å². The van der Waals surface area contributed by atoms with Gasteiger partial charge in [0.15, 0.2) is 0 Å². The molecule has 1 aromatic carbocycles. The minimum Gasteiger partial charge on any atom is -0.480 e. The highest BCUT2D eigenvalue weighted by molar-refractivity contribution is 5.93. The molecule has 0 radical (unpaired) electrons. The van der Waals surface area contributed by atoms with E-state index in [1.807, 2.05) is 0 Å². The minimum atomic E-state index is -1.50. The summed E-state index contributed by atoms with van der Waals surface area (Å²) in [6, 6.07) is 6.39. The van der Waals surface area contributed by atoms with Crippen molar-refractivity contribution >= 4 is 29.6 Å². The maximum absolute atomic E-state index is 12.4. The average Bonchev–Trinajstić information content (AvgIpc) is 2.65.